The maximum atomic E-state index is 5.78. The third kappa shape index (κ3) is 3.06. The van der Waals surface area contributed by atoms with E-state index in [1.807, 2.05) is 13.8 Å². The molecule has 1 heterocycles. The van der Waals surface area contributed by atoms with Crippen LogP contribution in [-0.4, -0.2) is 23.1 Å². The quantitative estimate of drug-likeness (QED) is 0.733. The van der Waals surface area contributed by atoms with E-state index >= 15 is 0 Å². The Balaban J connectivity index is 2.88. The van der Waals surface area contributed by atoms with Crippen molar-refractivity contribution in [2.75, 3.05) is 17.7 Å². The highest BCUT2D eigenvalue weighted by Crippen LogP contribution is 2.14. The lowest BCUT2D eigenvalue weighted by molar-refractivity contribution is 0.887. The van der Waals surface area contributed by atoms with Crippen molar-refractivity contribution >= 4 is 23.4 Å². The van der Waals surface area contributed by atoms with Crippen LogP contribution >= 0.6 is 11.6 Å². The largest absolute Gasteiger partial charge is 0.368 e. The van der Waals surface area contributed by atoms with Gasteiger partial charge in [0.05, 0.1) is 0 Å². The van der Waals surface area contributed by atoms with E-state index in [0.29, 0.717) is 17.1 Å². The van der Waals surface area contributed by atoms with Gasteiger partial charge in [0.1, 0.15) is 11.0 Å². The molecule has 0 aliphatic carbocycles. The third-order valence-corrected chi connectivity index (χ3v) is 1.55. The number of hydrogen-bond acceptors (Lipinski definition) is 4. The minimum atomic E-state index is 0.329. The van der Waals surface area contributed by atoms with Gasteiger partial charge in [-0.2, -0.15) is 4.98 Å². The summed E-state index contributed by atoms with van der Waals surface area (Å²) in [5.41, 5.74) is 0. The van der Waals surface area contributed by atoms with Gasteiger partial charge in [0.2, 0.25) is 5.95 Å². The standard InChI is InChI=1S/C8H13ClN4/c1-5(2)11-7-4-6(9)12-8(10-3)13-7/h4-5H,1-3H3,(H2,10,11,12,13). The van der Waals surface area contributed by atoms with Crippen molar-refractivity contribution < 1.29 is 0 Å². The maximum Gasteiger partial charge on any atom is 0.225 e. The summed E-state index contributed by atoms with van der Waals surface area (Å²) in [6, 6.07) is 2.03. The molecule has 0 fully saturated rings. The Morgan fingerprint density at radius 2 is 2.08 bits per heavy atom. The Morgan fingerprint density at radius 3 is 2.62 bits per heavy atom. The lowest BCUT2D eigenvalue weighted by atomic mass is 10.4. The minimum absolute atomic E-state index is 0.329. The van der Waals surface area contributed by atoms with Gasteiger partial charge in [-0.15, -0.1) is 0 Å². The third-order valence-electron chi connectivity index (χ3n) is 1.36. The molecular weight excluding hydrogens is 188 g/mol. The zero-order chi connectivity index (χ0) is 9.84. The summed E-state index contributed by atoms with van der Waals surface area (Å²) in [6.45, 7) is 4.07. The van der Waals surface area contributed by atoms with Crippen molar-refractivity contribution in [1.82, 2.24) is 9.97 Å². The Labute approximate surface area is 82.7 Å². The first kappa shape index (κ1) is 10.1. The molecule has 1 aromatic rings. The van der Waals surface area contributed by atoms with Crippen LogP contribution in [-0.2, 0) is 0 Å². The van der Waals surface area contributed by atoms with E-state index in [4.69, 9.17) is 11.6 Å². The zero-order valence-electron chi connectivity index (χ0n) is 7.93. The predicted molar refractivity (Wildman–Crippen MR) is 55.3 cm³/mol. The van der Waals surface area contributed by atoms with Gasteiger partial charge >= 0.3 is 0 Å². The monoisotopic (exact) mass is 200 g/mol. The molecule has 5 heteroatoms. The van der Waals surface area contributed by atoms with Gasteiger partial charge < -0.3 is 10.6 Å². The molecule has 0 aliphatic rings. The van der Waals surface area contributed by atoms with Gasteiger partial charge in [-0.25, -0.2) is 4.98 Å². The van der Waals surface area contributed by atoms with E-state index in [9.17, 15) is 0 Å². The van der Waals surface area contributed by atoms with E-state index in [1.165, 1.54) is 0 Å². The Bertz CT molecular complexity index is 287. The molecule has 4 nitrogen and oxygen atoms in total. The SMILES string of the molecule is CNc1nc(Cl)cc(NC(C)C)n1. The molecule has 1 rings (SSSR count). The number of anilines is 2. The second-order valence-corrected chi connectivity index (χ2v) is 3.34. The van der Waals surface area contributed by atoms with E-state index in [-0.39, 0.29) is 0 Å². The highest BCUT2D eigenvalue weighted by atomic mass is 35.5. The fourth-order valence-electron chi connectivity index (χ4n) is 0.899. The van der Waals surface area contributed by atoms with Gasteiger partial charge in [0.25, 0.3) is 0 Å². The average molecular weight is 201 g/mol. The van der Waals surface area contributed by atoms with Gasteiger partial charge in [-0.3, -0.25) is 0 Å². The molecule has 0 saturated heterocycles. The molecule has 0 atom stereocenters. The van der Waals surface area contributed by atoms with Crippen LogP contribution in [0.25, 0.3) is 0 Å². The van der Waals surface area contributed by atoms with Crippen LogP contribution in [0.5, 0.6) is 0 Å². The molecule has 0 aliphatic heterocycles. The summed E-state index contributed by atoms with van der Waals surface area (Å²) >= 11 is 5.78. The lowest BCUT2D eigenvalue weighted by Crippen LogP contribution is -2.12. The number of halogens is 1. The summed E-state index contributed by atoms with van der Waals surface area (Å²) < 4.78 is 0. The molecule has 1 aromatic heterocycles. The fourth-order valence-corrected chi connectivity index (χ4v) is 1.08. The molecule has 0 bridgehead atoms. The maximum absolute atomic E-state index is 5.78. The molecule has 0 spiro atoms. The highest BCUT2D eigenvalue weighted by Gasteiger charge is 2.02. The van der Waals surface area contributed by atoms with Crippen molar-refractivity contribution in [1.29, 1.82) is 0 Å². The topological polar surface area (TPSA) is 49.8 Å². The summed E-state index contributed by atoms with van der Waals surface area (Å²) in [4.78, 5) is 8.14. The van der Waals surface area contributed by atoms with Gasteiger partial charge in [-0.1, -0.05) is 11.6 Å². The van der Waals surface area contributed by atoms with Gasteiger partial charge in [-0.05, 0) is 13.8 Å². The molecule has 72 valence electrons. The molecule has 2 N–H and O–H groups in total. The van der Waals surface area contributed by atoms with Crippen molar-refractivity contribution in [3.63, 3.8) is 0 Å². The van der Waals surface area contributed by atoms with Crippen LogP contribution in [0.1, 0.15) is 13.8 Å². The lowest BCUT2D eigenvalue weighted by Gasteiger charge is -2.09. The van der Waals surface area contributed by atoms with Crippen LogP contribution < -0.4 is 10.6 Å². The summed E-state index contributed by atoms with van der Waals surface area (Å²) in [6.07, 6.45) is 0. The first-order valence-electron chi connectivity index (χ1n) is 4.10. The molecule has 0 radical (unpaired) electrons. The van der Waals surface area contributed by atoms with Gasteiger partial charge in [0, 0.05) is 19.2 Å². The first-order chi connectivity index (χ1) is 6.11. The number of nitrogens with one attached hydrogen (secondary N) is 2. The minimum Gasteiger partial charge on any atom is -0.368 e. The van der Waals surface area contributed by atoms with E-state index in [2.05, 4.69) is 20.6 Å². The normalized spacial score (nSPS) is 10.2. The number of aromatic nitrogens is 2. The molecule has 0 saturated carbocycles. The van der Waals surface area contributed by atoms with Crippen LogP contribution in [0.2, 0.25) is 5.15 Å². The van der Waals surface area contributed by atoms with Crippen molar-refractivity contribution in [2.24, 2.45) is 0 Å². The second-order valence-electron chi connectivity index (χ2n) is 2.95. The smallest absolute Gasteiger partial charge is 0.225 e. The van der Waals surface area contributed by atoms with E-state index in [0.717, 1.165) is 5.82 Å². The predicted octanol–water partition coefficient (Wildman–Crippen LogP) is 1.99. The van der Waals surface area contributed by atoms with Crippen LogP contribution in [0.15, 0.2) is 6.07 Å². The zero-order valence-corrected chi connectivity index (χ0v) is 8.68. The molecule has 0 unspecified atom stereocenters. The van der Waals surface area contributed by atoms with Crippen molar-refractivity contribution in [3.05, 3.63) is 11.2 Å². The van der Waals surface area contributed by atoms with Gasteiger partial charge in [0.15, 0.2) is 0 Å². The summed E-state index contributed by atoms with van der Waals surface area (Å²) in [7, 11) is 1.75. The van der Waals surface area contributed by atoms with Crippen LogP contribution in [0.3, 0.4) is 0 Å². The van der Waals surface area contributed by atoms with E-state index in [1.54, 1.807) is 13.1 Å². The summed E-state index contributed by atoms with van der Waals surface area (Å²) in [5.74, 6) is 1.26. The van der Waals surface area contributed by atoms with Crippen molar-refractivity contribution in [3.8, 4) is 0 Å². The second kappa shape index (κ2) is 4.28. The first-order valence-corrected chi connectivity index (χ1v) is 4.48. The molecule has 0 amide bonds. The number of hydrogen-bond donors (Lipinski definition) is 2. The molecule has 0 aromatic carbocycles. The highest BCUT2D eigenvalue weighted by molar-refractivity contribution is 6.29. The molecular formula is C8H13ClN4. The summed E-state index contributed by atoms with van der Waals surface area (Å²) in [5, 5.41) is 6.41. The Hall–Kier alpha value is -1.03. The fraction of sp³-hybridized carbons (Fsp3) is 0.500. The molecule has 13 heavy (non-hydrogen) atoms. The number of rotatable bonds is 3. The van der Waals surface area contributed by atoms with Crippen LogP contribution in [0.4, 0.5) is 11.8 Å². The van der Waals surface area contributed by atoms with Crippen molar-refractivity contribution in [2.45, 2.75) is 19.9 Å². The average Bonchev–Trinajstić information content (AvgIpc) is 2.01. The van der Waals surface area contributed by atoms with E-state index < -0.39 is 0 Å². The Kier molecular flexibility index (Phi) is 3.31. The van der Waals surface area contributed by atoms with Crippen LogP contribution in [0, 0.1) is 0 Å². The Morgan fingerprint density at radius 1 is 1.38 bits per heavy atom. The number of nitrogens with zero attached hydrogens (tertiary/aromatic N) is 2.